The van der Waals surface area contributed by atoms with Crippen LogP contribution in [0.25, 0.3) is 0 Å². The van der Waals surface area contributed by atoms with E-state index in [0.29, 0.717) is 39.0 Å². The van der Waals surface area contributed by atoms with E-state index in [1.165, 1.54) is 0 Å². The van der Waals surface area contributed by atoms with E-state index in [2.05, 4.69) is 6.92 Å². The van der Waals surface area contributed by atoms with Crippen LogP contribution < -0.4 is 0 Å². The number of hydrogen-bond donors (Lipinski definition) is 0. The average molecular weight is 546 g/mol. The molecule has 8 nitrogen and oxygen atoms in total. The molecular formula is C31H47NO7. The Balaban J connectivity index is 2.00. The molecule has 0 aromatic heterocycles. The third-order valence-corrected chi connectivity index (χ3v) is 7.11. The first-order valence-electron chi connectivity index (χ1n) is 14.7. The van der Waals surface area contributed by atoms with E-state index in [4.69, 9.17) is 14.2 Å². The highest BCUT2D eigenvalue weighted by Crippen LogP contribution is 2.28. The van der Waals surface area contributed by atoms with Crippen LogP contribution in [0.3, 0.4) is 0 Å². The molecule has 0 spiro atoms. The van der Waals surface area contributed by atoms with E-state index < -0.39 is 23.8 Å². The van der Waals surface area contributed by atoms with Crippen LogP contribution in [0, 0.1) is 5.92 Å². The monoisotopic (exact) mass is 545 g/mol. The number of benzene rings is 1. The van der Waals surface area contributed by atoms with Gasteiger partial charge in [0.25, 0.3) is 0 Å². The summed E-state index contributed by atoms with van der Waals surface area (Å²) in [6.07, 6.45) is 8.66. The normalized spacial score (nSPS) is 17.9. The van der Waals surface area contributed by atoms with Gasteiger partial charge in [-0.15, -0.1) is 0 Å². The van der Waals surface area contributed by atoms with E-state index in [-0.39, 0.29) is 24.5 Å². The predicted octanol–water partition coefficient (Wildman–Crippen LogP) is 5.41. The maximum atomic E-state index is 13.3. The highest BCUT2D eigenvalue weighted by molar-refractivity contribution is 6.22. The first-order chi connectivity index (χ1) is 18.9. The van der Waals surface area contributed by atoms with Crippen molar-refractivity contribution in [2.75, 3.05) is 19.8 Å². The van der Waals surface area contributed by atoms with Gasteiger partial charge in [0.05, 0.1) is 32.0 Å². The number of Topliss-reactive ketones (excluding diaryl/α,β-unsaturated/α-hetero) is 1. The zero-order valence-corrected chi connectivity index (χ0v) is 24.0. The molecule has 1 aromatic rings. The smallest absolute Gasteiger partial charge is 0.326 e. The van der Waals surface area contributed by atoms with Crippen molar-refractivity contribution in [1.29, 1.82) is 0 Å². The molecule has 3 atom stereocenters. The molecule has 0 bridgehead atoms. The van der Waals surface area contributed by atoms with Crippen LogP contribution in [0.1, 0.15) is 97.0 Å². The van der Waals surface area contributed by atoms with Crippen LogP contribution in [0.5, 0.6) is 0 Å². The van der Waals surface area contributed by atoms with Crippen molar-refractivity contribution in [3.05, 3.63) is 35.9 Å². The lowest BCUT2D eigenvalue weighted by molar-refractivity contribution is -0.154. The quantitative estimate of drug-likeness (QED) is 0.123. The number of carbonyl (C=O) groups excluding carboxylic acids is 4. The number of amides is 1. The molecule has 0 saturated carbocycles. The summed E-state index contributed by atoms with van der Waals surface area (Å²) < 4.78 is 16.3. The van der Waals surface area contributed by atoms with Crippen LogP contribution in [0.4, 0.5) is 0 Å². The number of unbranched alkanes of at least 4 members (excludes halogenated alkanes) is 5. The Morgan fingerprint density at radius 2 is 1.59 bits per heavy atom. The van der Waals surface area contributed by atoms with Gasteiger partial charge in [-0.1, -0.05) is 75.8 Å². The SMILES string of the molecule is CCCCCC(CCN1C(=O)C(C(=O)OCC)C(=O)C1CCCCCCC(=O)OCC)OCc1ccccc1. The van der Waals surface area contributed by atoms with Crippen molar-refractivity contribution in [1.82, 2.24) is 4.90 Å². The van der Waals surface area contributed by atoms with Crippen LogP contribution in [0.2, 0.25) is 0 Å². The molecule has 1 aliphatic heterocycles. The highest BCUT2D eigenvalue weighted by atomic mass is 16.5. The molecule has 1 fully saturated rings. The fraction of sp³-hybridized carbons (Fsp3) is 0.677. The molecule has 0 aliphatic carbocycles. The number of rotatable bonds is 20. The summed E-state index contributed by atoms with van der Waals surface area (Å²) in [7, 11) is 0. The van der Waals surface area contributed by atoms with Gasteiger partial charge in [-0.25, -0.2) is 0 Å². The fourth-order valence-electron chi connectivity index (χ4n) is 4.99. The van der Waals surface area contributed by atoms with Gasteiger partial charge in [-0.2, -0.15) is 0 Å². The Morgan fingerprint density at radius 1 is 0.872 bits per heavy atom. The van der Waals surface area contributed by atoms with Gasteiger partial charge in [0.1, 0.15) is 0 Å². The molecule has 3 unspecified atom stereocenters. The number of hydrogen-bond acceptors (Lipinski definition) is 7. The van der Waals surface area contributed by atoms with Crippen molar-refractivity contribution < 1.29 is 33.4 Å². The van der Waals surface area contributed by atoms with Crippen LogP contribution in [0.15, 0.2) is 30.3 Å². The first kappa shape index (κ1) is 32.5. The molecule has 2 rings (SSSR count). The Hall–Kier alpha value is -2.74. The standard InChI is InChI=1S/C31H47NO7/c1-4-7-11-18-25(39-23-24-16-12-10-13-17-24)21-22-32-26(19-14-8-9-15-20-27(33)37-5-2)29(34)28(30(32)35)31(36)38-6-3/h10,12-13,16-17,25-26,28H,4-9,11,14-15,18-23H2,1-3H3. The minimum Gasteiger partial charge on any atom is -0.466 e. The highest BCUT2D eigenvalue weighted by Gasteiger charge is 2.51. The Kier molecular flexibility index (Phi) is 15.4. The van der Waals surface area contributed by atoms with Crippen molar-refractivity contribution in [3.8, 4) is 0 Å². The van der Waals surface area contributed by atoms with Gasteiger partial charge < -0.3 is 19.1 Å². The van der Waals surface area contributed by atoms with Gasteiger partial charge in [0, 0.05) is 13.0 Å². The van der Waals surface area contributed by atoms with E-state index in [1.54, 1.807) is 18.7 Å². The van der Waals surface area contributed by atoms with Gasteiger partial charge >= 0.3 is 11.9 Å². The molecule has 1 saturated heterocycles. The van der Waals surface area contributed by atoms with Crippen molar-refractivity contribution in [3.63, 3.8) is 0 Å². The van der Waals surface area contributed by atoms with Gasteiger partial charge in [0.2, 0.25) is 5.91 Å². The third kappa shape index (κ3) is 11.1. The number of esters is 2. The lowest BCUT2D eigenvalue weighted by atomic mass is 9.98. The predicted molar refractivity (Wildman–Crippen MR) is 149 cm³/mol. The Labute approximate surface area is 233 Å². The summed E-state index contributed by atoms with van der Waals surface area (Å²) in [4.78, 5) is 52.1. The summed E-state index contributed by atoms with van der Waals surface area (Å²) in [6.45, 7) is 6.96. The molecule has 1 heterocycles. The number of carbonyl (C=O) groups is 4. The average Bonchev–Trinajstić information content (AvgIpc) is 3.16. The molecule has 0 N–H and O–H groups in total. The summed E-state index contributed by atoms with van der Waals surface area (Å²) >= 11 is 0. The maximum absolute atomic E-state index is 13.3. The maximum Gasteiger partial charge on any atom is 0.326 e. The Bertz CT molecular complexity index is 888. The summed E-state index contributed by atoms with van der Waals surface area (Å²) in [6, 6.07) is 9.35. The van der Waals surface area contributed by atoms with Crippen molar-refractivity contribution in [2.24, 2.45) is 5.92 Å². The molecular weight excluding hydrogens is 498 g/mol. The number of likely N-dealkylation sites (tertiary alicyclic amines) is 1. The lowest BCUT2D eigenvalue weighted by Gasteiger charge is -2.26. The summed E-state index contributed by atoms with van der Waals surface area (Å²) in [5.74, 6) is -3.14. The molecule has 1 aromatic carbocycles. The molecule has 1 aliphatic rings. The zero-order chi connectivity index (χ0) is 28.5. The summed E-state index contributed by atoms with van der Waals surface area (Å²) in [5.41, 5.74) is 1.09. The first-order valence-corrected chi connectivity index (χ1v) is 14.7. The summed E-state index contributed by atoms with van der Waals surface area (Å²) in [5, 5.41) is 0. The fourth-order valence-corrected chi connectivity index (χ4v) is 4.99. The second-order valence-electron chi connectivity index (χ2n) is 10.1. The molecule has 1 amide bonds. The largest absolute Gasteiger partial charge is 0.466 e. The van der Waals surface area contributed by atoms with Gasteiger partial charge in [0.15, 0.2) is 11.7 Å². The number of ketones is 1. The Morgan fingerprint density at radius 3 is 2.28 bits per heavy atom. The third-order valence-electron chi connectivity index (χ3n) is 7.11. The minimum absolute atomic E-state index is 0.0511. The van der Waals surface area contributed by atoms with Crippen LogP contribution in [-0.2, 0) is 40.0 Å². The molecule has 39 heavy (non-hydrogen) atoms. The van der Waals surface area contributed by atoms with Crippen molar-refractivity contribution in [2.45, 2.75) is 110 Å². The molecule has 8 heteroatoms. The second kappa shape index (κ2) is 18.5. The topological polar surface area (TPSA) is 99.2 Å². The van der Waals surface area contributed by atoms with Crippen molar-refractivity contribution >= 4 is 23.6 Å². The van der Waals surface area contributed by atoms with E-state index in [0.717, 1.165) is 56.9 Å². The van der Waals surface area contributed by atoms with E-state index in [1.807, 2.05) is 30.3 Å². The van der Waals surface area contributed by atoms with Gasteiger partial charge in [-0.3, -0.25) is 19.2 Å². The van der Waals surface area contributed by atoms with Crippen LogP contribution >= 0.6 is 0 Å². The lowest BCUT2D eigenvalue weighted by Crippen LogP contribution is -2.38. The van der Waals surface area contributed by atoms with E-state index in [9.17, 15) is 19.2 Å². The second-order valence-corrected chi connectivity index (χ2v) is 10.1. The molecule has 0 radical (unpaired) electrons. The number of ether oxygens (including phenoxy) is 3. The number of nitrogens with zero attached hydrogens (tertiary/aromatic N) is 1. The minimum atomic E-state index is -1.37. The molecule has 218 valence electrons. The van der Waals surface area contributed by atoms with Crippen LogP contribution in [-0.4, -0.2) is 60.4 Å². The zero-order valence-electron chi connectivity index (χ0n) is 24.0. The van der Waals surface area contributed by atoms with E-state index >= 15 is 0 Å². The van der Waals surface area contributed by atoms with Gasteiger partial charge in [-0.05, 0) is 45.1 Å².